The van der Waals surface area contributed by atoms with Crippen molar-refractivity contribution in [3.8, 4) is 0 Å². The molecule has 0 aliphatic rings. The highest BCUT2D eigenvalue weighted by Gasteiger charge is 2.01. The standard InChI is InChI=1S/C23H34O2/c1-2-3-4-5-6-7-8-9-10-11-15-20-23(24)25-21-16-19-22-17-13-12-14-18-22/h5-6,12-14,16-19H,2-4,7-11,15,20-21H2,1H3/b6-5-,19-16?. The van der Waals surface area contributed by atoms with E-state index in [1.165, 1.54) is 44.9 Å². The Morgan fingerprint density at radius 3 is 2.32 bits per heavy atom. The van der Waals surface area contributed by atoms with Crippen LogP contribution < -0.4 is 0 Å². The topological polar surface area (TPSA) is 26.3 Å². The van der Waals surface area contributed by atoms with Crippen LogP contribution >= 0.6 is 0 Å². The lowest BCUT2D eigenvalue weighted by atomic mass is 10.1. The third-order valence-electron chi connectivity index (χ3n) is 4.09. The Bertz CT molecular complexity index is 488. The maximum Gasteiger partial charge on any atom is 0.306 e. The predicted molar refractivity (Wildman–Crippen MR) is 107 cm³/mol. The first-order chi connectivity index (χ1) is 12.3. The summed E-state index contributed by atoms with van der Waals surface area (Å²) >= 11 is 0. The van der Waals surface area contributed by atoms with Crippen LogP contribution in [0.2, 0.25) is 0 Å². The van der Waals surface area contributed by atoms with E-state index in [0.29, 0.717) is 13.0 Å². The number of carbonyl (C=O) groups excluding carboxylic acids is 1. The van der Waals surface area contributed by atoms with Crippen molar-refractivity contribution in [2.24, 2.45) is 0 Å². The van der Waals surface area contributed by atoms with Crippen LogP contribution in [-0.4, -0.2) is 12.6 Å². The molecular formula is C23H34O2. The monoisotopic (exact) mass is 342 g/mol. The van der Waals surface area contributed by atoms with Crippen molar-refractivity contribution in [2.75, 3.05) is 6.61 Å². The van der Waals surface area contributed by atoms with Crippen molar-refractivity contribution < 1.29 is 9.53 Å². The van der Waals surface area contributed by atoms with Gasteiger partial charge in [-0.2, -0.15) is 0 Å². The van der Waals surface area contributed by atoms with E-state index < -0.39 is 0 Å². The summed E-state index contributed by atoms with van der Waals surface area (Å²) in [6.07, 6.45) is 19.8. The molecule has 0 heterocycles. The fourth-order valence-corrected chi connectivity index (χ4v) is 2.58. The Morgan fingerprint density at radius 1 is 0.880 bits per heavy atom. The lowest BCUT2D eigenvalue weighted by Gasteiger charge is -2.02. The number of unbranched alkanes of at least 4 members (excludes halogenated alkanes) is 7. The minimum atomic E-state index is -0.0865. The molecule has 0 aliphatic carbocycles. The van der Waals surface area contributed by atoms with E-state index in [1.807, 2.05) is 42.5 Å². The van der Waals surface area contributed by atoms with Crippen LogP contribution in [0.15, 0.2) is 48.6 Å². The molecule has 0 fully saturated rings. The molecule has 0 radical (unpaired) electrons. The number of hydrogen-bond donors (Lipinski definition) is 0. The van der Waals surface area contributed by atoms with E-state index in [2.05, 4.69) is 19.1 Å². The largest absolute Gasteiger partial charge is 0.461 e. The number of benzene rings is 1. The van der Waals surface area contributed by atoms with Crippen LogP contribution in [0.1, 0.15) is 76.7 Å². The Balaban J connectivity index is 1.90. The van der Waals surface area contributed by atoms with E-state index in [4.69, 9.17) is 4.74 Å². The molecule has 0 aromatic heterocycles. The Morgan fingerprint density at radius 2 is 1.56 bits per heavy atom. The summed E-state index contributed by atoms with van der Waals surface area (Å²) in [5, 5.41) is 0. The van der Waals surface area contributed by atoms with Crippen molar-refractivity contribution in [3.05, 3.63) is 54.1 Å². The molecule has 0 saturated carbocycles. The van der Waals surface area contributed by atoms with E-state index in [-0.39, 0.29) is 5.97 Å². The van der Waals surface area contributed by atoms with Crippen LogP contribution in [0.5, 0.6) is 0 Å². The molecule has 0 saturated heterocycles. The lowest BCUT2D eigenvalue weighted by molar-refractivity contribution is -0.142. The van der Waals surface area contributed by atoms with Gasteiger partial charge in [0, 0.05) is 6.42 Å². The molecule has 25 heavy (non-hydrogen) atoms. The molecule has 0 N–H and O–H groups in total. The van der Waals surface area contributed by atoms with Gasteiger partial charge in [-0.3, -0.25) is 4.79 Å². The maximum absolute atomic E-state index is 11.6. The van der Waals surface area contributed by atoms with Gasteiger partial charge in [0.2, 0.25) is 0 Å². The number of carbonyl (C=O) groups is 1. The normalized spacial score (nSPS) is 11.4. The summed E-state index contributed by atoms with van der Waals surface area (Å²) in [4.78, 5) is 11.6. The highest BCUT2D eigenvalue weighted by Crippen LogP contribution is 2.09. The fourth-order valence-electron chi connectivity index (χ4n) is 2.58. The van der Waals surface area contributed by atoms with E-state index >= 15 is 0 Å². The Labute approximate surface area is 154 Å². The Kier molecular flexibility index (Phi) is 13.3. The zero-order valence-electron chi connectivity index (χ0n) is 15.8. The van der Waals surface area contributed by atoms with Gasteiger partial charge in [-0.25, -0.2) is 0 Å². The van der Waals surface area contributed by atoms with Crippen LogP contribution in [0.3, 0.4) is 0 Å². The minimum absolute atomic E-state index is 0.0865. The van der Waals surface area contributed by atoms with Crippen LogP contribution in [-0.2, 0) is 9.53 Å². The summed E-state index contributed by atoms with van der Waals surface area (Å²) in [6.45, 7) is 2.59. The third-order valence-corrected chi connectivity index (χ3v) is 4.09. The summed E-state index contributed by atoms with van der Waals surface area (Å²) in [5.41, 5.74) is 1.12. The molecular weight excluding hydrogens is 308 g/mol. The van der Waals surface area contributed by atoms with Crippen LogP contribution in [0.25, 0.3) is 6.08 Å². The second-order valence-electron chi connectivity index (χ2n) is 6.42. The third kappa shape index (κ3) is 13.2. The first kappa shape index (κ1) is 21.2. The van der Waals surface area contributed by atoms with E-state index in [1.54, 1.807) is 0 Å². The molecule has 2 nitrogen and oxygen atoms in total. The molecule has 2 heteroatoms. The second-order valence-corrected chi connectivity index (χ2v) is 6.42. The summed E-state index contributed by atoms with van der Waals surface area (Å²) < 4.78 is 5.22. The maximum atomic E-state index is 11.6. The van der Waals surface area contributed by atoms with Gasteiger partial charge in [0.15, 0.2) is 0 Å². The van der Waals surface area contributed by atoms with Gasteiger partial charge in [-0.15, -0.1) is 0 Å². The Hall–Kier alpha value is -1.83. The SMILES string of the molecule is CCCC/C=C\CCCCCCCC(=O)OCC=Cc1ccccc1. The molecule has 138 valence electrons. The van der Waals surface area contributed by atoms with Crippen molar-refractivity contribution in [2.45, 2.75) is 71.1 Å². The van der Waals surface area contributed by atoms with Gasteiger partial charge in [-0.1, -0.05) is 87.6 Å². The molecule has 0 atom stereocenters. The van der Waals surface area contributed by atoms with Gasteiger partial charge in [-0.05, 0) is 37.3 Å². The molecule has 0 spiro atoms. The molecule has 0 bridgehead atoms. The molecule has 1 aromatic rings. The molecule has 1 aromatic carbocycles. The minimum Gasteiger partial charge on any atom is -0.461 e. The zero-order chi connectivity index (χ0) is 18.0. The number of rotatable bonds is 14. The highest BCUT2D eigenvalue weighted by atomic mass is 16.5. The number of esters is 1. The summed E-state index contributed by atoms with van der Waals surface area (Å²) in [7, 11) is 0. The lowest BCUT2D eigenvalue weighted by Crippen LogP contribution is -2.03. The number of ether oxygens (including phenoxy) is 1. The average Bonchev–Trinajstić information content (AvgIpc) is 2.64. The van der Waals surface area contributed by atoms with E-state index in [9.17, 15) is 4.79 Å². The average molecular weight is 343 g/mol. The predicted octanol–water partition coefficient (Wildman–Crippen LogP) is 6.72. The number of allylic oxidation sites excluding steroid dienone is 2. The second kappa shape index (κ2) is 15.7. The van der Waals surface area contributed by atoms with Crippen molar-refractivity contribution in [3.63, 3.8) is 0 Å². The van der Waals surface area contributed by atoms with Gasteiger partial charge < -0.3 is 4.74 Å². The fraction of sp³-hybridized carbons (Fsp3) is 0.522. The zero-order valence-corrected chi connectivity index (χ0v) is 15.8. The van der Waals surface area contributed by atoms with Crippen molar-refractivity contribution in [1.82, 2.24) is 0 Å². The first-order valence-corrected chi connectivity index (χ1v) is 9.85. The van der Waals surface area contributed by atoms with Crippen molar-refractivity contribution in [1.29, 1.82) is 0 Å². The van der Waals surface area contributed by atoms with Crippen LogP contribution in [0.4, 0.5) is 0 Å². The molecule has 1 rings (SSSR count). The van der Waals surface area contributed by atoms with Gasteiger partial charge in [0.1, 0.15) is 6.61 Å². The molecule has 0 unspecified atom stereocenters. The van der Waals surface area contributed by atoms with E-state index in [0.717, 1.165) is 18.4 Å². The van der Waals surface area contributed by atoms with Crippen molar-refractivity contribution >= 4 is 12.0 Å². The molecule has 0 aliphatic heterocycles. The molecule has 0 amide bonds. The number of hydrogen-bond acceptors (Lipinski definition) is 2. The van der Waals surface area contributed by atoms with Crippen LogP contribution in [0, 0.1) is 0 Å². The summed E-state index contributed by atoms with van der Waals surface area (Å²) in [6, 6.07) is 10.0. The van der Waals surface area contributed by atoms with Gasteiger partial charge in [0.25, 0.3) is 0 Å². The smallest absolute Gasteiger partial charge is 0.306 e. The summed E-state index contributed by atoms with van der Waals surface area (Å²) in [5.74, 6) is -0.0865. The first-order valence-electron chi connectivity index (χ1n) is 9.85. The quantitative estimate of drug-likeness (QED) is 0.213. The van der Waals surface area contributed by atoms with Gasteiger partial charge in [0.05, 0.1) is 0 Å². The van der Waals surface area contributed by atoms with Gasteiger partial charge >= 0.3 is 5.97 Å². The highest BCUT2D eigenvalue weighted by molar-refractivity contribution is 5.69.